The van der Waals surface area contributed by atoms with Gasteiger partial charge in [0.15, 0.2) is 0 Å². The predicted octanol–water partition coefficient (Wildman–Crippen LogP) is 4.05. The van der Waals surface area contributed by atoms with Crippen LogP contribution in [0, 0.1) is 6.92 Å². The van der Waals surface area contributed by atoms with Gasteiger partial charge in [-0.05, 0) is 31.7 Å². The number of nitrogens with zero attached hydrogens (tertiary/aromatic N) is 1. The van der Waals surface area contributed by atoms with Crippen LogP contribution in [0.2, 0.25) is 0 Å². The number of benzene rings is 1. The van der Waals surface area contributed by atoms with E-state index >= 15 is 0 Å². The lowest BCUT2D eigenvalue weighted by atomic mass is 9.77. The van der Waals surface area contributed by atoms with E-state index in [1.54, 1.807) is 0 Å². The molecule has 1 heterocycles. The number of hydrogen-bond acceptors (Lipinski definition) is 2. The Bertz CT molecular complexity index is 437. The molecule has 2 heteroatoms. The molecule has 1 aliphatic carbocycles. The zero-order valence-electron chi connectivity index (χ0n) is 13.7. The van der Waals surface area contributed by atoms with Crippen molar-refractivity contribution in [3.05, 3.63) is 35.4 Å². The molecular formula is C19H30N2. The first-order chi connectivity index (χ1) is 10.2. The standard InChI is InChI=1S/C19H30N2/c1-3-18(17-9-7-16(2)8-10-17)21-14-13-20-15-19(21)11-5-4-6-12-19/h7-10,18,20H,3-6,11-15H2,1-2H3. The minimum Gasteiger partial charge on any atom is -0.314 e. The molecule has 1 unspecified atom stereocenters. The van der Waals surface area contributed by atoms with Crippen LogP contribution in [0.4, 0.5) is 0 Å². The lowest BCUT2D eigenvalue weighted by Crippen LogP contribution is -2.62. The van der Waals surface area contributed by atoms with Crippen LogP contribution in [-0.2, 0) is 0 Å². The molecule has 1 N–H and O–H groups in total. The van der Waals surface area contributed by atoms with Gasteiger partial charge < -0.3 is 5.32 Å². The fourth-order valence-electron chi connectivity index (χ4n) is 4.44. The molecule has 1 saturated heterocycles. The summed E-state index contributed by atoms with van der Waals surface area (Å²) in [5, 5.41) is 3.67. The van der Waals surface area contributed by atoms with Crippen molar-refractivity contribution < 1.29 is 0 Å². The van der Waals surface area contributed by atoms with Gasteiger partial charge in [-0.25, -0.2) is 0 Å². The summed E-state index contributed by atoms with van der Waals surface area (Å²) in [7, 11) is 0. The van der Waals surface area contributed by atoms with Crippen molar-refractivity contribution in [2.45, 2.75) is 64.0 Å². The molecule has 2 fully saturated rings. The highest BCUT2D eigenvalue weighted by atomic mass is 15.3. The first-order valence-electron chi connectivity index (χ1n) is 8.79. The van der Waals surface area contributed by atoms with Gasteiger partial charge in [-0.15, -0.1) is 0 Å². The number of hydrogen-bond donors (Lipinski definition) is 1. The Balaban J connectivity index is 1.88. The van der Waals surface area contributed by atoms with E-state index < -0.39 is 0 Å². The van der Waals surface area contributed by atoms with E-state index in [0.717, 1.165) is 6.54 Å². The molecule has 1 aromatic rings. The Hall–Kier alpha value is -0.860. The summed E-state index contributed by atoms with van der Waals surface area (Å²) in [5.41, 5.74) is 3.29. The van der Waals surface area contributed by atoms with Gasteiger partial charge in [0.25, 0.3) is 0 Å². The van der Waals surface area contributed by atoms with Crippen molar-refractivity contribution in [3.63, 3.8) is 0 Å². The zero-order valence-corrected chi connectivity index (χ0v) is 13.7. The zero-order chi connectivity index (χ0) is 14.7. The predicted molar refractivity (Wildman–Crippen MR) is 89.6 cm³/mol. The van der Waals surface area contributed by atoms with Crippen LogP contribution in [0.1, 0.15) is 62.6 Å². The number of aryl methyl sites for hydroxylation is 1. The average molecular weight is 286 g/mol. The van der Waals surface area contributed by atoms with Gasteiger partial charge in [-0.1, -0.05) is 56.0 Å². The van der Waals surface area contributed by atoms with Crippen LogP contribution in [0.25, 0.3) is 0 Å². The average Bonchev–Trinajstić information content (AvgIpc) is 2.52. The maximum atomic E-state index is 3.67. The van der Waals surface area contributed by atoms with Crippen LogP contribution >= 0.6 is 0 Å². The maximum absolute atomic E-state index is 3.67. The molecule has 3 rings (SSSR count). The number of rotatable bonds is 3. The summed E-state index contributed by atoms with van der Waals surface area (Å²) in [6, 6.07) is 9.83. The van der Waals surface area contributed by atoms with Crippen molar-refractivity contribution in [2.75, 3.05) is 19.6 Å². The highest BCUT2D eigenvalue weighted by molar-refractivity contribution is 5.25. The van der Waals surface area contributed by atoms with E-state index in [1.807, 2.05) is 0 Å². The van der Waals surface area contributed by atoms with E-state index in [9.17, 15) is 0 Å². The second-order valence-corrected chi connectivity index (χ2v) is 6.99. The second-order valence-electron chi connectivity index (χ2n) is 6.99. The van der Waals surface area contributed by atoms with E-state index in [1.165, 1.54) is 62.7 Å². The molecule has 0 bridgehead atoms. The lowest BCUT2D eigenvalue weighted by Gasteiger charge is -2.53. The van der Waals surface area contributed by atoms with Gasteiger partial charge in [0.05, 0.1) is 0 Å². The highest BCUT2D eigenvalue weighted by Gasteiger charge is 2.42. The van der Waals surface area contributed by atoms with Crippen molar-refractivity contribution in [1.82, 2.24) is 10.2 Å². The summed E-state index contributed by atoms with van der Waals surface area (Å²) >= 11 is 0. The molecule has 1 aliphatic heterocycles. The van der Waals surface area contributed by atoms with Crippen LogP contribution < -0.4 is 5.32 Å². The Kier molecular flexibility index (Phi) is 4.66. The molecule has 0 amide bonds. The summed E-state index contributed by atoms with van der Waals surface area (Å²) < 4.78 is 0. The Morgan fingerprint density at radius 1 is 1.14 bits per heavy atom. The number of nitrogens with one attached hydrogen (secondary N) is 1. The molecular weight excluding hydrogens is 256 g/mol. The minimum absolute atomic E-state index is 0.419. The van der Waals surface area contributed by atoms with Gasteiger partial charge >= 0.3 is 0 Å². The van der Waals surface area contributed by atoms with Gasteiger partial charge in [0, 0.05) is 31.2 Å². The fraction of sp³-hybridized carbons (Fsp3) is 0.684. The summed E-state index contributed by atoms with van der Waals surface area (Å²) in [6.45, 7) is 8.06. The van der Waals surface area contributed by atoms with Gasteiger partial charge in [0.1, 0.15) is 0 Å². The Morgan fingerprint density at radius 2 is 1.86 bits per heavy atom. The monoisotopic (exact) mass is 286 g/mol. The van der Waals surface area contributed by atoms with Crippen molar-refractivity contribution in [1.29, 1.82) is 0 Å². The SMILES string of the molecule is CCC(c1ccc(C)cc1)N1CCNCC12CCCCC2. The van der Waals surface area contributed by atoms with Crippen molar-refractivity contribution >= 4 is 0 Å². The third kappa shape index (κ3) is 3.02. The summed E-state index contributed by atoms with van der Waals surface area (Å²) in [5.74, 6) is 0. The van der Waals surface area contributed by atoms with Gasteiger partial charge in [0.2, 0.25) is 0 Å². The smallest absolute Gasteiger partial charge is 0.0352 e. The number of piperazine rings is 1. The molecule has 21 heavy (non-hydrogen) atoms. The van der Waals surface area contributed by atoms with Crippen LogP contribution in [0.3, 0.4) is 0 Å². The maximum Gasteiger partial charge on any atom is 0.0352 e. The fourth-order valence-corrected chi connectivity index (χ4v) is 4.44. The third-order valence-electron chi connectivity index (χ3n) is 5.60. The van der Waals surface area contributed by atoms with Gasteiger partial charge in [-0.2, -0.15) is 0 Å². The lowest BCUT2D eigenvalue weighted by molar-refractivity contribution is -0.00977. The molecule has 1 atom stereocenters. The van der Waals surface area contributed by atoms with Crippen LogP contribution in [-0.4, -0.2) is 30.1 Å². The molecule has 2 nitrogen and oxygen atoms in total. The van der Waals surface area contributed by atoms with E-state index in [2.05, 4.69) is 48.3 Å². The van der Waals surface area contributed by atoms with E-state index in [0.29, 0.717) is 11.6 Å². The molecule has 1 saturated carbocycles. The first kappa shape index (κ1) is 15.1. The highest BCUT2D eigenvalue weighted by Crippen LogP contribution is 2.40. The normalized spacial score (nSPS) is 24.1. The molecule has 0 aromatic heterocycles. The topological polar surface area (TPSA) is 15.3 Å². The van der Waals surface area contributed by atoms with Crippen LogP contribution in [0.15, 0.2) is 24.3 Å². The Labute approximate surface area is 129 Å². The van der Waals surface area contributed by atoms with Crippen LogP contribution in [0.5, 0.6) is 0 Å². The summed E-state index contributed by atoms with van der Waals surface area (Å²) in [6.07, 6.45) is 8.21. The van der Waals surface area contributed by atoms with E-state index in [4.69, 9.17) is 0 Å². The van der Waals surface area contributed by atoms with Crippen molar-refractivity contribution in [2.24, 2.45) is 0 Å². The molecule has 0 radical (unpaired) electrons. The molecule has 1 spiro atoms. The molecule has 2 aliphatic rings. The summed E-state index contributed by atoms with van der Waals surface area (Å²) in [4.78, 5) is 2.85. The Morgan fingerprint density at radius 3 is 2.52 bits per heavy atom. The quantitative estimate of drug-likeness (QED) is 0.901. The van der Waals surface area contributed by atoms with E-state index in [-0.39, 0.29) is 0 Å². The molecule has 116 valence electrons. The second kappa shape index (κ2) is 6.50. The van der Waals surface area contributed by atoms with Crippen molar-refractivity contribution in [3.8, 4) is 0 Å². The van der Waals surface area contributed by atoms with Gasteiger partial charge in [-0.3, -0.25) is 4.90 Å². The third-order valence-corrected chi connectivity index (χ3v) is 5.60. The molecule has 1 aromatic carbocycles. The minimum atomic E-state index is 0.419. The largest absolute Gasteiger partial charge is 0.314 e. The first-order valence-corrected chi connectivity index (χ1v) is 8.79.